The average molecular weight is 444 g/mol. The second-order valence-corrected chi connectivity index (χ2v) is 7.91. The summed E-state index contributed by atoms with van der Waals surface area (Å²) < 4.78 is 4.78. The highest BCUT2D eigenvalue weighted by Crippen LogP contribution is 2.23. The number of anilines is 1. The van der Waals surface area contributed by atoms with Gasteiger partial charge in [0.25, 0.3) is 0 Å². The molecule has 0 aromatic heterocycles. The molecule has 0 radical (unpaired) electrons. The number of piperidine rings is 1. The Labute approximate surface area is 186 Å². The van der Waals surface area contributed by atoms with Crippen LogP contribution in [0.2, 0.25) is 5.02 Å². The number of hydrogen-bond donors (Lipinski definition) is 2. The molecule has 0 unspecified atom stereocenters. The van der Waals surface area contributed by atoms with Crippen molar-refractivity contribution in [3.63, 3.8) is 0 Å². The molecule has 0 bridgehead atoms. The van der Waals surface area contributed by atoms with Crippen molar-refractivity contribution in [2.45, 2.75) is 25.3 Å². The number of esters is 1. The van der Waals surface area contributed by atoms with Crippen LogP contribution in [0.3, 0.4) is 0 Å². The number of carbonyl (C=O) groups is 3. The lowest BCUT2D eigenvalue weighted by atomic mass is 9.95. The number of hydrogen-bond acceptors (Lipinski definition) is 4. The minimum absolute atomic E-state index is 0.00873. The predicted octanol–water partition coefficient (Wildman–Crippen LogP) is 4.00. The summed E-state index contributed by atoms with van der Waals surface area (Å²) >= 11 is 5.96. The highest BCUT2D eigenvalue weighted by Gasteiger charge is 2.30. The third-order valence-corrected chi connectivity index (χ3v) is 5.54. The molecule has 0 spiro atoms. The van der Waals surface area contributed by atoms with E-state index < -0.39 is 12.0 Å². The second-order valence-electron chi connectivity index (χ2n) is 7.47. The summed E-state index contributed by atoms with van der Waals surface area (Å²) in [4.78, 5) is 39.1. The van der Waals surface area contributed by atoms with Gasteiger partial charge in [0.2, 0.25) is 5.91 Å². The molecule has 1 aliphatic heterocycles. The number of carbonyl (C=O) groups excluding carboxylic acids is 3. The SMILES string of the molecule is COC(=O)C[C@@H](NC(=O)[C@H]1CCCN(C(=O)Nc2ccccc2)C1)c1ccc(Cl)cc1. The molecule has 8 heteroatoms. The lowest BCUT2D eigenvalue weighted by Crippen LogP contribution is -2.47. The number of benzene rings is 2. The van der Waals surface area contributed by atoms with Crippen molar-refractivity contribution in [1.29, 1.82) is 0 Å². The fraction of sp³-hybridized carbons (Fsp3) is 0.348. The normalized spacial score (nSPS) is 16.8. The first-order chi connectivity index (χ1) is 15.0. The first-order valence-corrected chi connectivity index (χ1v) is 10.6. The quantitative estimate of drug-likeness (QED) is 0.660. The predicted molar refractivity (Wildman–Crippen MR) is 119 cm³/mol. The zero-order valence-corrected chi connectivity index (χ0v) is 18.1. The van der Waals surface area contributed by atoms with Gasteiger partial charge in [-0.2, -0.15) is 0 Å². The maximum absolute atomic E-state index is 13.0. The molecule has 7 nitrogen and oxygen atoms in total. The third-order valence-electron chi connectivity index (χ3n) is 5.29. The lowest BCUT2D eigenvalue weighted by molar-refractivity contribution is -0.141. The molecule has 0 saturated carbocycles. The highest BCUT2D eigenvalue weighted by molar-refractivity contribution is 6.30. The van der Waals surface area contributed by atoms with E-state index in [0.717, 1.165) is 12.0 Å². The summed E-state index contributed by atoms with van der Waals surface area (Å²) in [6.45, 7) is 0.904. The number of urea groups is 1. The van der Waals surface area contributed by atoms with Gasteiger partial charge in [0.15, 0.2) is 0 Å². The van der Waals surface area contributed by atoms with Crippen LogP contribution in [0.25, 0.3) is 0 Å². The topological polar surface area (TPSA) is 87.7 Å². The maximum atomic E-state index is 13.0. The summed E-state index contributed by atoms with van der Waals surface area (Å²) in [5, 5.41) is 6.38. The van der Waals surface area contributed by atoms with Crippen LogP contribution in [-0.2, 0) is 14.3 Å². The second kappa shape index (κ2) is 10.8. The van der Waals surface area contributed by atoms with Gasteiger partial charge in [0, 0.05) is 23.8 Å². The molecule has 2 atom stereocenters. The van der Waals surface area contributed by atoms with Crippen LogP contribution < -0.4 is 10.6 Å². The number of rotatable bonds is 6. The van der Waals surface area contributed by atoms with Crippen molar-refractivity contribution in [3.8, 4) is 0 Å². The van der Waals surface area contributed by atoms with E-state index >= 15 is 0 Å². The molecule has 0 aliphatic carbocycles. The van der Waals surface area contributed by atoms with E-state index in [0.29, 0.717) is 30.2 Å². The fourth-order valence-corrected chi connectivity index (χ4v) is 3.71. The minimum atomic E-state index is -0.536. The smallest absolute Gasteiger partial charge is 0.321 e. The van der Waals surface area contributed by atoms with Gasteiger partial charge in [-0.15, -0.1) is 0 Å². The van der Waals surface area contributed by atoms with Crippen LogP contribution in [0, 0.1) is 5.92 Å². The van der Waals surface area contributed by atoms with Gasteiger partial charge in [0.05, 0.1) is 25.5 Å². The molecular formula is C23H26ClN3O4. The lowest BCUT2D eigenvalue weighted by Gasteiger charge is -2.33. The number of ether oxygens (including phenoxy) is 1. The number of halogens is 1. The monoisotopic (exact) mass is 443 g/mol. The molecule has 1 aliphatic rings. The van der Waals surface area contributed by atoms with Gasteiger partial charge in [-0.25, -0.2) is 4.79 Å². The minimum Gasteiger partial charge on any atom is -0.469 e. The molecule has 1 heterocycles. The van der Waals surface area contributed by atoms with E-state index in [9.17, 15) is 14.4 Å². The van der Waals surface area contributed by atoms with Gasteiger partial charge in [0.1, 0.15) is 0 Å². The van der Waals surface area contributed by atoms with Crippen LogP contribution in [-0.4, -0.2) is 43.0 Å². The van der Waals surface area contributed by atoms with Gasteiger partial charge >= 0.3 is 12.0 Å². The Morgan fingerprint density at radius 1 is 1.13 bits per heavy atom. The number of nitrogens with one attached hydrogen (secondary N) is 2. The van der Waals surface area contributed by atoms with Crippen LogP contribution >= 0.6 is 11.6 Å². The molecule has 3 amide bonds. The molecule has 31 heavy (non-hydrogen) atoms. The van der Waals surface area contributed by atoms with Gasteiger partial charge in [-0.1, -0.05) is 41.9 Å². The van der Waals surface area contributed by atoms with E-state index in [4.69, 9.17) is 16.3 Å². The van der Waals surface area contributed by atoms with Crippen LogP contribution in [0.4, 0.5) is 10.5 Å². The molecule has 1 saturated heterocycles. The molecule has 2 aromatic carbocycles. The van der Waals surface area contributed by atoms with E-state index in [-0.39, 0.29) is 24.3 Å². The van der Waals surface area contributed by atoms with Crippen LogP contribution in [0.1, 0.15) is 30.9 Å². The molecule has 3 rings (SSSR count). The van der Waals surface area contributed by atoms with E-state index in [1.165, 1.54) is 7.11 Å². The molecule has 1 fully saturated rings. The zero-order chi connectivity index (χ0) is 22.2. The molecule has 2 N–H and O–H groups in total. The first-order valence-electron chi connectivity index (χ1n) is 10.2. The van der Waals surface area contributed by atoms with Crippen molar-refractivity contribution >= 4 is 35.2 Å². The van der Waals surface area contributed by atoms with Gasteiger partial charge in [-0.05, 0) is 42.7 Å². The summed E-state index contributed by atoms with van der Waals surface area (Å²) in [6.07, 6.45) is 1.41. The summed E-state index contributed by atoms with van der Waals surface area (Å²) in [5.41, 5.74) is 1.47. The number of likely N-dealkylation sites (tertiary alicyclic amines) is 1. The van der Waals surface area contributed by atoms with Crippen LogP contribution in [0.5, 0.6) is 0 Å². The Morgan fingerprint density at radius 2 is 1.84 bits per heavy atom. The maximum Gasteiger partial charge on any atom is 0.321 e. The number of amides is 3. The Morgan fingerprint density at radius 3 is 2.52 bits per heavy atom. The van der Waals surface area contributed by atoms with Crippen molar-refractivity contribution in [1.82, 2.24) is 10.2 Å². The Kier molecular flexibility index (Phi) is 7.89. The summed E-state index contributed by atoms with van der Waals surface area (Å²) in [6, 6.07) is 15.4. The Hall–Kier alpha value is -3.06. The highest BCUT2D eigenvalue weighted by atomic mass is 35.5. The van der Waals surface area contributed by atoms with Gasteiger partial charge < -0.3 is 20.3 Å². The Balaban J connectivity index is 1.64. The average Bonchev–Trinajstić information content (AvgIpc) is 2.79. The van der Waals surface area contributed by atoms with E-state index in [2.05, 4.69) is 10.6 Å². The van der Waals surface area contributed by atoms with E-state index in [1.807, 2.05) is 30.3 Å². The van der Waals surface area contributed by atoms with Crippen molar-refractivity contribution in [3.05, 3.63) is 65.2 Å². The number of nitrogens with zero attached hydrogens (tertiary/aromatic N) is 1. The third kappa shape index (κ3) is 6.46. The van der Waals surface area contributed by atoms with Crippen LogP contribution in [0.15, 0.2) is 54.6 Å². The molecular weight excluding hydrogens is 418 g/mol. The zero-order valence-electron chi connectivity index (χ0n) is 17.3. The standard InChI is InChI=1S/C23H26ClN3O4/c1-31-21(28)14-20(16-9-11-18(24)12-10-16)26-22(29)17-6-5-13-27(15-17)23(30)25-19-7-3-2-4-8-19/h2-4,7-12,17,20H,5-6,13-15H2,1H3,(H,25,30)(H,26,29)/t17-,20+/m0/s1. The molecule has 2 aromatic rings. The van der Waals surface area contributed by atoms with E-state index in [1.54, 1.807) is 29.2 Å². The number of para-hydroxylation sites is 1. The van der Waals surface area contributed by atoms with Crippen molar-refractivity contribution in [2.24, 2.45) is 5.92 Å². The first kappa shape index (κ1) is 22.6. The van der Waals surface area contributed by atoms with Gasteiger partial charge in [-0.3, -0.25) is 9.59 Å². The summed E-state index contributed by atoms with van der Waals surface area (Å²) in [7, 11) is 1.31. The van der Waals surface area contributed by atoms with Crippen molar-refractivity contribution < 1.29 is 19.1 Å². The Bertz CT molecular complexity index is 905. The summed E-state index contributed by atoms with van der Waals surface area (Å²) in [5.74, 6) is -0.975. The molecule has 164 valence electrons. The van der Waals surface area contributed by atoms with Crippen molar-refractivity contribution in [2.75, 3.05) is 25.5 Å². The largest absolute Gasteiger partial charge is 0.469 e. The number of methoxy groups -OCH3 is 1. The fourth-order valence-electron chi connectivity index (χ4n) is 3.59.